The van der Waals surface area contributed by atoms with Crippen molar-refractivity contribution in [3.05, 3.63) is 33.8 Å². The molecule has 0 aliphatic rings. The largest absolute Gasteiger partial charge is 0.491 e. The molecule has 0 aromatic heterocycles. The monoisotopic (exact) mass is 356 g/mol. The van der Waals surface area contributed by atoms with E-state index >= 15 is 0 Å². The van der Waals surface area contributed by atoms with Crippen molar-refractivity contribution in [2.45, 2.75) is 26.4 Å². The van der Waals surface area contributed by atoms with E-state index in [4.69, 9.17) is 9.84 Å². The minimum absolute atomic E-state index is 0.0158. The zero-order valence-electron chi connectivity index (χ0n) is 12.1. The third kappa shape index (κ3) is 5.59. The molecule has 1 N–H and O–H groups in total. The van der Waals surface area contributed by atoms with Crippen LogP contribution in [-0.4, -0.2) is 30.3 Å². The summed E-state index contributed by atoms with van der Waals surface area (Å²) in [6.07, 6.45) is 1.09. The van der Waals surface area contributed by atoms with E-state index < -0.39 is 18.4 Å². The fourth-order valence-corrected chi connectivity index (χ4v) is 2.00. The molecule has 1 aromatic carbocycles. The Morgan fingerprint density at radius 1 is 1.38 bits per heavy atom. The van der Waals surface area contributed by atoms with Gasteiger partial charge in [0.25, 0.3) is 0 Å². The van der Waals surface area contributed by atoms with E-state index in [1.165, 1.54) is 13.2 Å². The highest BCUT2D eigenvalue weighted by molar-refractivity contribution is 9.10. The number of carbonyl (C=O) groups excluding carboxylic acids is 1. The molecular formula is C15H17BrO5. The van der Waals surface area contributed by atoms with Gasteiger partial charge in [0.05, 0.1) is 19.6 Å². The van der Waals surface area contributed by atoms with Crippen LogP contribution in [0.3, 0.4) is 0 Å². The molecule has 114 valence electrons. The zero-order valence-corrected chi connectivity index (χ0v) is 13.6. The van der Waals surface area contributed by atoms with Crippen molar-refractivity contribution < 1.29 is 24.2 Å². The summed E-state index contributed by atoms with van der Waals surface area (Å²) in [6.45, 7) is 3.81. The summed E-state index contributed by atoms with van der Waals surface area (Å²) in [4.78, 5) is 22.5. The van der Waals surface area contributed by atoms with Crippen LogP contribution in [0.1, 0.15) is 25.8 Å². The lowest BCUT2D eigenvalue weighted by Crippen LogP contribution is -2.09. The van der Waals surface area contributed by atoms with Crippen LogP contribution < -0.4 is 4.74 Å². The number of carbonyl (C=O) groups is 2. The first kappa shape index (κ1) is 17.2. The molecule has 0 saturated heterocycles. The van der Waals surface area contributed by atoms with Crippen molar-refractivity contribution >= 4 is 33.9 Å². The van der Waals surface area contributed by atoms with Crippen LogP contribution in [0.5, 0.6) is 5.75 Å². The smallest absolute Gasteiger partial charge is 0.334 e. The van der Waals surface area contributed by atoms with Crippen molar-refractivity contribution in [1.29, 1.82) is 0 Å². The molecule has 0 aliphatic heterocycles. The first-order chi connectivity index (χ1) is 9.83. The number of carboxylic acids is 1. The number of hydrogen-bond donors (Lipinski definition) is 1. The Hall–Kier alpha value is -1.82. The quantitative estimate of drug-likeness (QED) is 0.625. The Morgan fingerprint density at radius 3 is 2.57 bits per heavy atom. The third-order valence-electron chi connectivity index (χ3n) is 2.46. The second-order valence-electron chi connectivity index (χ2n) is 4.58. The standard InChI is InChI=1S/C15H17BrO5/c1-9(2)21-12-4-5-13(16)10(7-12)6-11(8-14(17)18)15(19)20-3/h4-7,9H,8H2,1-3H3,(H,17,18)/b11-6-. The number of methoxy groups -OCH3 is 1. The maximum atomic E-state index is 11.6. The Morgan fingerprint density at radius 2 is 2.05 bits per heavy atom. The molecule has 0 amide bonds. The van der Waals surface area contributed by atoms with E-state index in [2.05, 4.69) is 20.7 Å². The molecular weight excluding hydrogens is 340 g/mol. The molecule has 0 fully saturated rings. The van der Waals surface area contributed by atoms with Crippen LogP contribution in [-0.2, 0) is 14.3 Å². The van der Waals surface area contributed by atoms with Gasteiger partial charge in [0, 0.05) is 10.0 Å². The average Bonchev–Trinajstić information content (AvgIpc) is 2.39. The van der Waals surface area contributed by atoms with Gasteiger partial charge in [0.15, 0.2) is 0 Å². The zero-order chi connectivity index (χ0) is 16.0. The Balaban J connectivity index is 3.18. The fourth-order valence-electron chi connectivity index (χ4n) is 1.64. The molecule has 0 saturated carbocycles. The summed E-state index contributed by atoms with van der Waals surface area (Å²) in [7, 11) is 1.21. The molecule has 1 aromatic rings. The normalized spacial score (nSPS) is 11.4. The number of ether oxygens (including phenoxy) is 2. The highest BCUT2D eigenvalue weighted by atomic mass is 79.9. The molecule has 0 heterocycles. The number of benzene rings is 1. The highest BCUT2D eigenvalue weighted by Crippen LogP contribution is 2.26. The van der Waals surface area contributed by atoms with E-state index in [9.17, 15) is 9.59 Å². The van der Waals surface area contributed by atoms with Crippen molar-refractivity contribution in [2.75, 3.05) is 7.11 Å². The topological polar surface area (TPSA) is 72.8 Å². The van der Waals surface area contributed by atoms with Gasteiger partial charge in [-0.2, -0.15) is 0 Å². The minimum atomic E-state index is -1.10. The summed E-state index contributed by atoms with van der Waals surface area (Å²) in [5, 5.41) is 8.86. The van der Waals surface area contributed by atoms with Gasteiger partial charge in [-0.05, 0) is 43.7 Å². The first-order valence-corrected chi connectivity index (χ1v) is 7.09. The predicted molar refractivity (Wildman–Crippen MR) is 82.2 cm³/mol. The lowest BCUT2D eigenvalue weighted by molar-refractivity contribution is -0.141. The number of halogens is 1. The van der Waals surface area contributed by atoms with Gasteiger partial charge in [0.2, 0.25) is 0 Å². The van der Waals surface area contributed by atoms with Crippen LogP contribution in [0, 0.1) is 0 Å². The number of rotatable bonds is 6. The number of aliphatic carboxylic acids is 1. The van der Waals surface area contributed by atoms with E-state index in [-0.39, 0.29) is 11.7 Å². The predicted octanol–water partition coefficient (Wildman–Crippen LogP) is 3.27. The van der Waals surface area contributed by atoms with Gasteiger partial charge in [0.1, 0.15) is 5.75 Å². The second kappa shape index (κ2) is 7.83. The maximum Gasteiger partial charge on any atom is 0.334 e. The average molecular weight is 357 g/mol. The molecule has 6 heteroatoms. The molecule has 1 rings (SSSR count). The lowest BCUT2D eigenvalue weighted by atomic mass is 10.1. The van der Waals surface area contributed by atoms with Gasteiger partial charge in [-0.15, -0.1) is 0 Å². The summed E-state index contributed by atoms with van der Waals surface area (Å²) in [5.74, 6) is -1.13. The van der Waals surface area contributed by atoms with Crippen molar-refractivity contribution in [3.8, 4) is 5.75 Å². The maximum absolute atomic E-state index is 11.6. The summed E-state index contributed by atoms with van der Waals surface area (Å²) in [5.41, 5.74) is 0.710. The van der Waals surface area contributed by atoms with Crippen molar-refractivity contribution in [1.82, 2.24) is 0 Å². The van der Waals surface area contributed by atoms with Gasteiger partial charge >= 0.3 is 11.9 Å². The van der Waals surface area contributed by atoms with Crippen LogP contribution >= 0.6 is 15.9 Å². The molecule has 0 unspecified atom stereocenters. The van der Waals surface area contributed by atoms with Gasteiger partial charge in [-0.1, -0.05) is 15.9 Å². The minimum Gasteiger partial charge on any atom is -0.491 e. The van der Waals surface area contributed by atoms with E-state index in [0.29, 0.717) is 11.3 Å². The number of carboxylic acid groups (broad SMARTS) is 1. The summed E-state index contributed by atoms with van der Waals surface area (Å²) >= 11 is 3.36. The lowest BCUT2D eigenvalue weighted by Gasteiger charge is -2.11. The van der Waals surface area contributed by atoms with E-state index in [1.807, 2.05) is 13.8 Å². The second-order valence-corrected chi connectivity index (χ2v) is 5.44. The Kier molecular flexibility index (Phi) is 6.42. The van der Waals surface area contributed by atoms with E-state index in [1.54, 1.807) is 18.2 Å². The first-order valence-electron chi connectivity index (χ1n) is 6.30. The molecule has 0 aliphatic carbocycles. The number of hydrogen-bond acceptors (Lipinski definition) is 4. The molecule has 5 nitrogen and oxygen atoms in total. The van der Waals surface area contributed by atoms with Crippen molar-refractivity contribution in [2.24, 2.45) is 0 Å². The van der Waals surface area contributed by atoms with Crippen molar-refractivity contribution in [3.63, 3.8) is 0 Å². The van der Waals surface area contributed by atoms with Crippen LogP contribution in [0.4, 0.5) is 0 Å². The number of esters is 1. The van der Waals surface area contributed by atoms with E-state index in [0.717, 1.165) is 4.47 Å². The highest BCUT2D eigenvalue weighted by Gasteiger charge is 2.15. The molecule has 0 radical (unpaired) electrons. The van der Waals surface area contributed by atoms with Gasteiger partial charge in [-0.3, -0.25) is 4.79 Å². The van der Waals surface area contributed by atoms with Crippen LogP contribution in [0.2, 0.25) is 0 Å². The fraction of sp³-hybridized carbons (Fsp3) is 0.333. The van der Waals surface area contributed by atoms with Crippen LogP contribution in [0.15, 0.2) is 28.2 Å². The molecule has 0 atom stereocenters. The summed E-state index contributed by atoms with van der Waals surface area (Å²) in [6, 6.07) is 5.30. The Labute approximate surface area is 131 Å². The summed E-state index contributed by atoms with van der Waals surface area (Å²) < 4.78 is 10.9. The molecule has 0 bridgehead atoms. The van der Waals surface area contributed by atoms with Gasteiger partial charge < -0.3 is 14.6 Å². The van der Waals surface area contributed by atoms with Gasteiger partial charge in [-0.25, -0.2) is 4.79 Å². The SMILES string of the molecule is COC(=O)/C(=C\c1cc(OC(C)C)ccc1Br)CC(=O)O. The Bertz CT molecular complexity index is 563. The van der Waals surface area contributed by atoms with Crippen LogP contribution in [0.25, 0.3) is 6.08 Å². The molecule has 21 heavy (non-hydrogen) atoms. The third-order valence-corrected chi connectivity index (χ3v) is 3.18. The molecule has 0 spiro atoms.